The fourth-order valence-corrected chi connectivity index (χ4v) is 2.43. The molecular weight excluding hydrogens is 316 g/mol. The fraction of sp³-hybridized carbons (Fsp3) is 0.562. The maximum atomic E-state index is 8.94. The first-order valence-electron chi connectivity index (χ1n) is 7.01. The molecule has 0 aliphatic heterocycles. The van der Waals surface area contributed by atoms with E-state index in [0.29, 0.717) is 13.2 Å². The van der Waals surface area contributed by atoms with Crippen molar-refractivity contribution in [1.29, 1.82) is 5.26 Å². The van der Waals surface area contributed by atoms with Crippen LogP contribution in [-0.4, -0.2) is 13.2 Å². The summed E-state index contributed by atoms with van der Waals surface area (Å²) >= 11 is 3.52. The van der Waals surface area contributed by atoms with Gasteiger partial charge < -0.3 is 10.5 Å². The largest absolute Gasteiger partial charge is 0.492 e. The van der Waals surface area contributed by atoms with Crippen LogP contribution in [0.4, 0.5) is 0 Å². The van der Waals surface area contributed by atoms with Crippen LogP contribution in [0.2, 0.25) is 0 Å². The van der Waals surface area contributed by atoms with E-state index in [0.717, 1.165) is 35.9 Å². The van der Waals surface area contributed by atoms with Crippen LogP contribution < -0.4 is 10.5 Å². The van der Waals surface area contributed by atoms with Crippen LogP contribution in [-0.2, 0) is 6.42 Å². The summed E-state index contributed by atoms with van der Waals surface area (Å²) in [6, 6.07) is 8.40. The van der Waals surface area contributed by atoms with E-state index in [-0.39, 0.29) is 5.41 Å². The van der Waals surface area contributed by atoms with E-state index >= 15 is 0 Å². The van der Waals surface area contributed by atoms with Gasteiger partial charge in [-0.3, -0.25) is 0 Å². The lowest BCUT2D eigenvalue weighted by molar-refractivity contribution is 0.293. The number of hydrogen-bond acceptors (Lipinski definition) is 3. The molecule has 20 heavy (non-hydrogen) atoms. The number of unbranched alkanes of at least 4 members (excludes halogenated alkanes) is 1. The van der Waals surface area contributed by atoms with Crippen molar-refractivity contribution in [3.63, 3.8) is 0 Å². The number of halogens is 1. The lowest BCUT2D eigenvalue weighted by atomic mass is 9.89. The summed E-state index contributed by atoms with van der Waals surface area (Å²) in [5.41, 5.74) is 6.52. The average Bonchev–Trinajstić information content (AvgIpc) is 2.41. The van der Waals surface area contributed by atoms with Gasteiger partial charge in [0.05, 0.1) is 22.6 Å². The van der Waals surface area contributed by atoms with Crippen LogP contribution in [0.1, 0.15) is 38.7 Å². The van der Waals surface area contributed by atoms with Crippen molar-refractivity contribution >= 4 is 15.9 Å². The van der Waals surface area contributed by atoms with Crippen LogP contribution in [0.5, 0.6) is 5.75 Å². The monoisotopic (exact) mass is 338 g/mol. The molecule has 0 amide bonds. The van der Waals surface area contributed by atoms with Gasteiger partial charge in [0.25, 0.3) is 0 Å². The molecule has 0 bridgehead atoms. The van der Waals surface area contributed by atoms with Gasteiger partial charge in [0.2, 0.25) is 0 Å². The predicted octanol–water partition coefficient (Wildman–Crippen LogP) is 4.05. The summed E-state index contributed by atoms with van der Waals surface area (Å²) in [4.78, 5) is 0. The topological polar surface area (TPSA) is 59.0 Å². The normalized spacial score (nSPS) is 11.2. The molecule has 0 saturated carbocycles. The average molecular weight is 339 g/mol. The Labute approximate surface area is 130 Å². The van der Waals surface area contributed by atoms with Crippen molar-refractivity contribution in [2.75, 3.05) is 13.2 Å². The number of benzene rings is 1. The van der Waals surface area contributed by atoms with Crippen LogP contribution >= 0.6 is 15.9 Å². The van der Waals surface area contributed by atoms with Crippen molar-refractivity contribution in [2.45, 2.75) is 39.5 Å². The minimum absolute atomic E-state index is 0.232. The minimum atomic E-state index is -0.232. The van der Waals surface area contributed by atoms with E-state index in [9.17, 15) is 0 Å². The van der Waals surface area contributed by atoms with Crippen molar-refractivity contribution in [1.82, 2.24) is 0 Å². The SMILES string of the molecule is CC(C)(C#N)CCCCOc1ccc(CCN)cc1Br. The predicted molar refractivity (Wildman–Crippen MR) is 85.6 cm³/mol. The van der Waals surface area contributed by atoms with Gasteiger partial charge in [-0.2, -0.15) is 5.26 Å². The van der Waals surface area contributed by atoms with E-state index in [1.54, 1.807) is 0 Å². The van der Waals surface area contributed by atoms with Crippen molar-refractivity contribution in [3.05, 3.63) is 28.2 Å². The smallest absolute Gasteiger partial charge is 0.133 e. The molecule has 4 heteroatoms. The molecule has 0 radical (unpaired) electrons. The molecule has 1 aromatic rings. The van der Waals surface area contributed by atoms with Gasteiger partial charge in [-0.05, 0) is 79.7 Å². The first-order valence-corrected chi connectivity index (χ1v) is 7.80. The molecule has 2 N–H and O–H groups in total. The molecule has 0 saturated heterocycles. The highest BCUT2D eigenvalue weighted by molar-refractivity contribution is 9.10. The van der Waals surface area contributed by atoms with Gasteiger partial charge >= 0.3 is 0 Å². The van der Waals surface area contributed by atoms with Gasteiger partial charge in [0.1, 0.15) is 5.75 Å². The Morgan fingerprint density at radius 1 is 1.35 bits per heavy atom. The van der Waals surface area contributed by atoms with Crippen LogP contribution in [0.3, 0.4) is 0 Å². The van der Waals surface area contributed by atoms with Crippen molar-refractivity contribution in [2.24, 2.45) is 11.1 Å². The summed E-state index contributed by atoms with van der Waals surface area (Å²) < 4.78 is 6.73. The highest BCUT2D eigenvalue weighted by Gasteiger charge is 2.15. The lowest BCUT2D eigenvalue weighted by Gasteiger charge is -2.14. The third-order valence-corrected chi connectivity index (χ3v) is 3.81. The van der Waals surface area contributed by atoms with Crippen molar-refractivity contribution in [3.8, 4) is 11.8 Å². The van der Waals surface area contributed by atoms with E-state index in [4.69, 9.17) is 15.7 Å². The Hall–Kier alpha value is -1.05. The summed E-state index contributed by atoms with van der Waals surface area (Å²) in [5, 5.41) is 8.94. The molecule has 0 atom stereocenters. The molecular formula is C16H23BrN2O. The molecule has 1 aromatic carbocycles. The molecule has 0 aliphatic carbocycles. The third kappa shape index (κ3) is 5.94. The zero-order valence-corrected chi connectivity index (χ0v) is 13.9. The molecule has 0 aromatic heterocycles. The van der Waals surface area contributed by atoms with E-state index in [1.807, 2.05) is 26.0 Å². The first kappa shape index (κ1) is 17.0. The van der Waals surface area contributed by atoms with Crippen LogP contribution in [0, 0.1) is 16.7 Å². The van der Waals surface area contributed by atoms with Crippen LogP contribution in [0.15, 0.2) is 22.7 Å². The highest BCUT2D eigenvalue weighted by atomic mass is 79.9. The molecule has 0 heterocycles. The number of nitriles is 1. The fourth-order valence-electron chi connectivity index (χ4n) is 1.89. The molecule has 110 valence electrons. The Kier molecular flexibility index (Phi) is 7.04. The van der Waals surface area contributed by atoms with Crippen molar-refractivity contribution < 1.29 is 4.74 Å². The molecule has 0 aliphatic rings. The highest BCUT2D eigenvalue weighted by Crippen LogP contribution is 2.27. The second-order valence-corrected chi connectivity index (χ2v) is 6.46. The molecule has 0 fully saturated rings. The maximum Gasteiger partial charge on any atom is 0.133 e. The van der Waals surface area contributed by atoms with Gasteiger partial charge in [-0.1, -0.05) is 6.07 Å². The van der Waals surface area contributed by atoms with Gasteiger partial charge in [-0.15, -0.1) is 0 Å². The second kappa shape index (κ2) is 8.28. The van der Waals surface area contributed by atoms with E-state index in [1.165, 1.54) is 5.56 Å². The molecule has 3 nitrogen and oxygen atoms in total. The summed E-state index contributed by atoms with van der Waals surface area (Å²) in [6.07, 6.45) is 3.75. The Balaban J connectivity index is 2.34. The first-order chi connectivity index (χ1) is 9.48. The van der Waals surface area contributed by atoms with E-state index < -0.39 is 0 Å². The number of hydrogen-bond donors (Lipinski definition) is 1. The lowest BCUT2D eigenvalue weighted by Crippen LogP contribution is -2.08. The van der Waals surface area contributed by atoms with Gasteiger partial charge in [-0.25, -0.2) is 0 Å². The number of rotatable bonds is 8. The van der Waals surface area contributed by atoms with Crippen LogP contribution in [0.25, 0.3) is 0 Å². The number of ether oxygens (including phenoxy) is 1. The summed E-state index contributed by atoms with van der Waals surface area (Å²) in [7, 11) is 0. The molecule has 1 rings (SSSR count). The Bertz CT molecular complexity index is 466. The zero-order valence-electron chi connectivity index (χ0n) is 12.3. The van der Waals surface area contributed by atoms with Gasteiger partial charge in [0, 0.05) is 0 Å². The second-order valence-electron chi connectivity index (χ2n) is 5.60. The third-order valence-electron chi connectivity index (χ3n) is 3.19. The van der Waals surface area contributed by atoms with E-state index in [2.05, 4.69) is 28.1 Å². The minimum Gasteiger partial charge on any atom is -0.492 e. The van der Waals surface area contributed by atoms with Gasteiger partial charge in [0.15, 0.2) is 0 Å². The summed E-state index contributed by atoms with van der Waals surface area (Å²) in [5.74, 6) is 0.866. The Morgan fingerprint density at radius 2 is 2.10 bits per heavy atom. The number of nitrogens with zero attached hydrogens (tertiary/aromatic N) is 1. The maximum absolute atomic E-state index is 8.94. The number of nitrogens with two attached hydrogens (primary N) is 1. The Morgan fingerprint density at radius 3 is 2.70 bits per heavy atom. The zero-order chi connectivity index (χ0) is 15.0. The summed E-state index contributed by atoms with van der Waals surface area (Å²) in [6.45, 7) is 5.28. The quantitative estimate of drug-likeness (QED) is 0.727. The molecule has 0 unspecified atom stereocenters. The molecule has 0 spiro atoms. The standard InChI is InChI=1S/C16H23BrN2O/c1-16(2,12-19)8-3-4-10-20-15-6-5-13(7-9-18)11-14(15)17/h5-6,11H,3-4,7-10,18H2,1-2H3.